The highest BCUT2D eigenvalue weighted by molar-refractivity contribution is 5.82. The molecule has 12 heavy (non-hydrogen) atoms. The van der Waals surface area contributed by atoms with Crippen molar-refractivity contribution in [2.24, 2.45) is 0 Å². The van der Waals surface area contributed by atoms with Gasteiger partial charge in [-0.1, -0.05) is 0 Å². The normalized spacial score (nSPS) is 21.6. The van der Waals surface area contributed by atoms with Crippen LogP contribution in [0.5, 0.6) is 0 Å². The van der Waals surface area contributed by atoms with Gasteiger partial charge in [-0.3, -0.25) is 4.79 Å². The van der Waals surface area contributed by atoms with Crippen molar-refractivity contribution >= 4 is 5.91 Å². The van der Waals surface area contributed by atoms with E-state index in [1.165, 1.54) is 0 Å². The summed E-state index contributed by atoms with van der Waals surface area (Å²) >= 11 is 0. The molecule has 0 aromatic heterocycles. The summed E-state index contributed by atoms with van der Waals surface area (Å²) in [5, 5.41) is 14.6. The second-order valence-corrected chi connectivity index (χ2v) is 3.44. The maximum absolute atomic E-state index is 11.3. The monoisotopic (exact) mass is 172 g/mol. The molecule has 4 heteroatoms. The Bertz CT molecular complexity index is 178. The quantitative estimate of drug-likeness (QED) is 0.522. The summed E-state index contributed by atoms with van der Waals surface area (Å²) in [7, 11) is 1.74. The molecule has 1 aliphatic carbocycles. The number of hydrogen-bond donors (Lipinski definition) is 3. The Morgan fingerprint density at radius 2 is 2.25 bits per heavy atom. The number of aliphatic hydroxyl groups excluding tert-OH is 1. The van der Waals surface area contributed by atoms with E-state index < -0.39 is 0 Å². The van der Waals surface area contributed by atoms with Crippen LogP contribution in [0.15, 0.2) is 0 Å². The Morgan fingerprint density at radius 3 is 2.58 bits per heavy atom. The summed E-state index contributed by atoms with van der Waals surface area (Å²) in [5.74, 6) is -0.0379. The smallest absolute Gasteiger partial charge is 0.237 e. The van der Waals surface area contributed by atoms with Gasteiger partial charge in [0.25, 0.3) is 0 Å². The van der Waals surface area contributed by atoms with Crippen molar-refractivity contribution in [2.75, 3.05) is 13.7 Å². The number of carbonyl (C=O) groups excluding carboxylic acids is 1. The minimum absolute atomic E-state index is 0.0379. The van der Waals surface area contributed by atoms with Gasteiger partial charge >= 0.3 is 0 Å². The summed E-state index contributed by atoms with van der Waals surface area (Å²) in [6.07, 6.45) is 1.79. The zero-order valence-corrected chi connectivity index (χ0v) is 7.55. The molecule has 0 heterocycles. The SMILES string of the molecule is CNC(C)C(=O)NC1(CO)CC1. The molecule has 70 valence electrons. The van der Waals surface area contributed by atoms with Gasteiger partial charge in [0.05, 0.1) is 18.2 Å². The Morgan fingerprint density at radius 1 is 1.67 bits per heavy atom. The summed E-state index contributed by atoms with van der Waals surface area (Å²) < 4.78 is 0. The average molecular weight is 172 g/mol. The van der Waals surface area contributed by atoms with Gasteiger partial charge in [-0.25, -0.2) is 0 Å². The van der Waals surface area contributed by atoms with Crippen molar-refractivity contribution in [3.05, 3.63) is 0 Å². The third kappa shape index (κ3) is 1.95. The number of hydrogen-bond acceptors (Lipinski definition) is 3. The number of aliphatic hydroxyl groups is 1. The molecule has 0 saturated heterocycles. The summed E-state index contributed by atoms with van der Waals surface area (Å²) in [6.45, 7) is 1.85. The van der Waals surface area contributed by atoms with Gasteiger partial charge in [-0.05, 0) is 26.8 Å². The Labute approximate surface area is 72.3 Å². The first-order valence-electron chi connectivity index (χ1n) is 4.24. The molecule has 0 bridgehead atoms. The lowest BCUT2D eigenvalue weighted by Crippen LogP contribution is -2.47. The number of nitrogens with one attached hydrogen (secondary N) is 2. The highest BCUT2D eigenvalue weighted by Gasteiger charge is 2.43. The Hall–Kier alpha value is -0.610. The van der Waals surface area contributed by atoms with Crippen LogP contribution in [0, 0.1) is 0 Å². The molecule has 1 saturated carbocycles. The molecule has 0 radical (unpaired) electrons. The predicted molar refractivity (Wildman–Crippen MR) is 45.7 cm³/mol. The molecule has 1 amide bonds. The van der Waals surface area contributed by atoms with Crippen LogP contribution in [0.25, 0.3) is 0 Å². The summed E-state index contributed by atoms with van der Waals surface area (Å²) in [4.78, 5) is 11.3. The van der Waals surface area contributed by atoms with Gasteiger partial charge < -0.3 is 15.7 Å². The standard InChI is InChI=1S/C8H16N2O2/c1-6(9-2)7(12)10-8(5-11)3-4-8/h6,9,11H,3-5H2,1-2H3,(H,10,12). The molecule has 1 rings (SSSR count). The van der Waals surface area contributed by atoms with Crippen LogP contribution < -0.4 is 10.6 Å². The van der Waals surface area contributed by atoms with Gasteiger partial charge in [0.1, 0.15) is 0 Å². The highest BCUT2D eigenvalue weighted by Crippen LogP contribution is 2.34. The first kappa shape index (κ1) is 9.48. The molecule has 1 aliphatic rings. The van der Waals surface area contributed by atoms with Gasteiger partial charge in [0.15, 0.2) is 0 Å². The van der Waals surface area contributed by atoms with Crippen LogP contribution in [0.3, 0.4) is 0 Å². The van der Waals surface area contributed by atoms with E-state index in [9.17, 15) is 4.79 Å². The minimum atomic E-state index is -0.289. The van der Waals surface area contributed by atoms with Crippen molar-refractivity contribution in [2.45, 2.75) is 31.3 Å². The Balaban J connectivity index is 2.36. The van der Waals surface area contributed by atoms with Crippen molar-refractivity contribution in [1.82, 2.24) is 10.6 Å². The van der Waals surface area contributed by atoms with Gasteiger partial charge in [0, 0.05) is 0 Å². The average Bonchev–Trinajstić information content (AvgIpc) is 2.84. The molecule has 0 aromatic rings. The van der Waals surface area contributed by atoms with Crippen molar-refractivity contribution in [3.8, 4) is 0 Å². The second-order valence-electron chi connectivity index (χ2n) is 3.44. The fourth-order valence-electron chi connectivity index (χ4n) is 0.974. The molecule has 3 N–H and O–H groups in total. The van der Waals surface area contributed by atoms with E-state index in [4.69, 9.17) is 5.11 Å². The lowest BCUT2D eigenvalue weighted by atomic mass is 10.2. The van der Waals surface area contributed by atoms with Crippen LogP contribution in [0.2, 0.25) is 0 Å². The molecular formula is C8H16N2O2. The molecule has 1 unspecified atom stereocenters. The van der Waals surface area contributed by atoms with E-state index in [-0.39, 0.29) is 24.1 Å². The topological polar surface area (TPSA) is 61.4 Å². The number of carbonyl (C=O) groups is 1. The van der Waals surface area contributed by atoms with E-state index in [0.717, 1.165) is 12.8 Å². The van der Waals surface area contributed by atoms with Crippen molar-refractivity contribution < 1.29 is 9.90 Å². The number of amides is 1. The Kier molecular flexibility index (Phi) is 2.69. The summed E-state index contributed by atoms with van der Waals surface area (Å²) in [5.41, 5.74) is -0.289. The molecule has 4 nitrogen and oxygen atoms in total. The van der Waals surface area contributed by atoms with Gasteiger partial charge in [-0.2, -0.15) is 0 Å². The molecule has 1 atom stereocenters. The third-order valence-electron chi connectivity index (χ3n) is 2.37. The van der Waals surface area contributed by atoms with Crippen LogP contribution in [-0.2, 0) is 4.79 Å². The number of rotatable bonds is 4. The highest BCUT2D eigenvalue weighted by atomic mass is 16.3. The van der Waals surface area contributed by atoms with E-state index in [1.807, 2.05) is 0 Å². The van der Waals surface area contributed by atoms with Crippen molar-refractivity contribution in [1.29, 1.82) is 0 Å². The lowest BCUT2D eigenvalue weighted by Gasteiger charge is -2.17. The zero-order valence-electron chi connectivity index (χ0n) is 7.55. The first-order chi connectivity index (χ1) is 5.63. The lowest BCUT2D eigenvalue weighted by molar-refractivity contribution is -0.123. The van der Waals surface area contributed by atoms with Crippen LogP contribution >= 0.6 is 0 Å². The third-order valence-corrected chi connectivity index (χ3v) is 2.37. The first-order valence-corrected chi connectivity index (χ1v) is 4.24. The van der Waals surface area contributed by atoms with Crippen LogP contribution in [-0.4, -0.2) is 36.2 Å². The van der Waals surface area contributed by atoms with Gasteiger partial charge in [-0.15, -0.1) is 0 Å². The van der Waals surface area contributed by atoms with E-state index >= 15 is 0 Å². The van der Waals surface area contributed by atoms with Gasteiger partial charge in [0.2, 0.25) is 5.91 Å². The van der Waals surface area contributed by atoms with Crippen LogP contribution in [0.4, 0.5) is 0 Å². The maximum atomic E-state index is 11.3. The van der Waals surface area contributed by atoms with E-state index in [1.54, 1.807) is 14.0 Å². The van der Waals surface area contributed by atoms with Crippen LogP contribution in [0.1, 0.15) is 19.8 Å². The largest absolute Gasteiger partial charge is 0.394 e. The summed E-state index contributed by atoms with van der Waals surface area (Å²) in [6, 6.07) is -0.186. The minimum Gasteiger partial charge on any atom is -0.394 e. The predicted octanol–water partition coefficient (Wildman–Crippen LogP) is -0.765. The number of likely N-dealkylation sites (N-methyl/N-ethyl adjacent to an activating group) is 1. The molecule has 0 aromatic carbocycles. The fourth-order valence-corrected chi connectivity index (χ4v) is 0.974. The molecule has 1 fully saturated rings. The van der Waals surface area contributed by atoms with Crippen molar-refractivity contribution in [3.63, 3.8) is 0 Å². The molecular weight excluding hydrogens is 156 g/mol. The van der Waals surface area contributed by atoms with E-state index in [0.29, 0.717) is 0 Å². The molecule has 0 aliphatic heterocycles. The second kappa shape index (κ2) is 3.41. The van der Waals surface area contributed by atoms with E-state index in [2.05, 4.69) is 10.6 Å². The maximum Gasteiger partial charge on any atom is 0.237 e. The zero-order chi connectivity index (χ0) is 9.19. The molecule has 0 spiro atoms. The fraction of sp³-hybridized carbons (Fsp3) is 0.875.